The predicted octanol–water partition coefficient (Wildman–Crippen LogP) is 3.73. The highest BCUT2D eigenvalue weighted by Gasteiger charge is 2.34. The normalized spacial score (nSPS) is 16.5. The lowest BCUT2D eigenvalue weighted by molar-refractivity contribution is 0.0487. The van der Waals surface area contributed by atoms with Gasteiger partial charge in [-0.05, 0) is 42.5 Å². The van der Waals surface area contributed by atoms with Crippen molar-refractivity contribution in [2.45, 2.75) is 31.6 Å². The molecule has 0 saturated carbocycles. The van der Waals surface area contributed by atoms with E-state index in [0.29, 0.717) is 6.54 Å². The summed E-state index contributed by atoms with van der Waals surface area (Å²) in [6.45, 7) is 4.25. The zero-order valence-corrected chi connectivity index (χ0v) is 14.3. The third-order valence-electron chi connectivity index (χ3n) is 5.05. The van der Waals surface area contributed by atoms with Crippen molar-refractivity contribution in [2.24, 2.45) is 0 Å². The summed E-state index contributed by atoms with van der Waals surface area (Å²) in [4.78, 5) is 12.5. The molecular formula is C21H25NO2. The lowest BCUT2D eigenvalue weighted by Crippen LogP contribution is -2.44. The summed E-state index contributed by atoms with van der Waals surface area (Å²) >= 11 is 0. The Hall–Kier alpha value is -2.13. The molecule has 1 aliphatic rings. The minimum Gasteiger partial charge on any atom is -0.381 e. The second-order valence-corrected chi connectivity index (χ2v) is 6.49. The van der Waals surface area contributed by atoms with Gasteiger partial charge in [-0.15, -0.1) is 0 Å². The second kappa shape index (κ2) is 7.63. The molecule has 3 heteroatoms. The Morgan fingerprint density at radius 3 is 2.33 bits per heavy atom. The fourth-order valence-corrected chi connectivity index (χ4v) is 3.36. The van der Waals surface area contributed by atoms with E-state index in [4.69, 9.17) is 4.74 Å². The fourth-order valence-electron chi connectivity index (χ4n) is 3.36. The molecule has 0 atom stereocenters. The highest BCUT2D eigenvalue weighted by Crippen LogP contribution is 2.34. The molecule has 2 aromatic rings. The molecule has 0 unspecified atom stereocenters. The van der Waals surface area contributed by atoms with Crippen LogP contribution in [0, 0.1) is 0 Å². The largest absolute Gasteiger partial charge is 0.381 e. The van der Waals surface area contributed by atoms with Gasteiger partial charge in [0.05, 0.1) is 0 Å². The maximum atomic E-state index is 12.5. The van der Waals surface area contributed by atoms with Crippen molar-refractivity contribution in [1.82, 2.24) is 5.32 Å². The standard InChI is InChI=1S/C21H25NO2/c1-2-17-8-10-18(11-9-17)20(23)22-16-21(12-14-24-15-13-21)19-6-4-3-5-7-19/h3-11H,2,12-16H2,1H3,(H,22,23). The van der Waals surface area contributed by atoms with E-state index in [1.807, 2.05) is 30.3 Å². The van der Waals surface area contributed by atoms with E-state index in [0.717, 1.165) is 38.0 Å². The first-order valence-electron chi connectivity index (χ1n) is 8.74. The average Bonchev–Trinajstić information content (AvgIpc) is 2.67. The molecule has 0 aromatic heterocycles. The topological polar surface area (TPSA) is 38.3 Å². The van der Waals surface area contributed by atoms with Crippen LogP contribution in [0.1, 0.15) is 41.3 Å². The minimum atomic E-state index is -0.0292. The van der Waals surface area contributed by atoms with Crippen LogP contribution < -0.4 is 5.32 Å². The third-order valence-corrected chi connectivity index (χ3v) is 5.05. The van der Waals surface area contributed by atoms with E-state index in [2.05, 4.69) is 36.5 Å². The Morgan fingerprint density at radius 1 is 1.04 bits per heavy atom. The first-order chi connectivity index (χ1) is 11.7. The highest BCUT2D eigenvalue weighted by atomic mass is 16.5. The quantitative estimate of drug-likeness (QED) is 0.910. The smallest absolute Gasteiger partial charge is 0.251 e. The van der Waals surface area contributed by atoms with Crippen LogP contribution in [-0.4, -0.2) is 25.7 Å². The van der Waals surface area contributed by atoms with Crippen LogP contribution >= 0.6 is 0 Å². The number of ether oxygens (including phenoxy) is 1. The van der Waals surface area contributed by atoms with Crippen molar-refractivity contribution in [3.05, 3.63) is 71.3 Å². The van der Waals surface area contributed by atoms with Crippen LogP contribution in [0.25, 0.3) is 0 Å². The van der Waals surface area contributed by atoms with Gasteiger partial charge in [0, 0.05) is 30.7 Å². The number of hydrogen-bond donors (Lipinski definition) is 1. The Bertz CT molecular complexity index is 658. The Kier molecular flexibility index (Phi) is 5.31. The summed E-state index contributed by atoms with van der Waals surface area (Å²) in [5, 5.41) is 3.15. The molecule has 24 heavy (non-hydrogen) atoms. The highest BCUT2D eigenvalue weighted by molar-refractivity contribution is 5.94. The molecule has 0 radical (unpaired) electrons. The summed E-state index contributed by atoms with van der Waals surface area (Å²) < 4.78 is 5.55. The summed E-state index contributed by atoms with van der Waals surface area (Å²) in [5.74, 6) is -0.000508. The van der Waals surface area contributed by atoms with Crippen molar-refractivity contribution in [1.29, 1.82) is 0 Å². The maximum Gasteiger partial charge on any atom is 0.251 e. The lowest BCUT2D eigenvalue weighted by Gasteiger charge is -2.38. The Labute approximate surface area is 144 Å². The number of rotatable bonds is 5. The molecule has 2 aromatic carbocycles. The Balaban J connectivity index is 1.72. The van der Waals surface area contributed by atoms with Gasteiger partial charge in [0.15, 0.2) is 0 Å². The van der Waals surface area contributed by atoms with Crippen molar-refractivity contribution in [2.75, 3.05) is 19.8 Å². The third kappa shape index (κ3) is 3.68. The number of benzene rings is 2. The number of nitrogens with one attached hydrogen (secondary N) is 1. The summed E-state index contributed by atoms with van der Waals surface area (Å²) in [6.07, 6.45) is 2.86. The van der Waals surface area contributed by atoms with Crippen molar-refractivity contribution in [3.8, 4) is 0 Å². The lowest BCUT2D eigenvalue weighted by atomic mass is 9.74. The molecule has 1 N–H and O–H groups in total. The molecule has 0 spiro atoms. The van der Waals surface area contributed by atoms with Gasteiger partial charge in [-0.25, -0.2) is 0 Å². The molecule has 1 aliphatic heterocycles. The van der Waals surface area contributed by atoms with Gasteiger partial charge in [0.1, 0.15) is 0 Å². The number of amides is 1. The van der Waals surface area contributed by atoms with Crippen LogP contribution in [0.2, 0.25) is 0 Å². The van der Waals surface area contributed by atoms with Gasteiger partial charge in [-0.2, -0.15) is 0 Å². The molecule has 0 bridgehead atoms. The molecule has 126 valence electrons. The number of aryl methyl sites for hydroxylation is 1. The van der Waals surface area contributed by atoms with E-state index in [1.165, 1.54) is 11.1 Å². The number of carbonyl (C=O) groups is 1. The molecule has 1 heterocycles. The monoisotopic (exact) mass is 323 g/mol. The van der Waals surface area contributed by atoms with E-state index in [1.54, 1.807) is 0 Å². The van der Waals surface area contributed by atoms with Gasteiger partial charge in [-0.1, -0.05) is 49.4 Å². The van der Waals surface area contributed by atoms with E-state index in [-0.39, 0.29) is 11.3 Å². The van der Waals surface area contributed by atoms with E-state index < -0.39 is 0 Å². The second-order valence-electron chi connectivity index (χ2n) is 6.49. The first-order valence-corrected chi connectivity index (χ1v) is 8.74. The summed E-state index contributed by atoms with van der Waals surface area (Å²) in [6, 6.07) is 18.4. The van der Waals surface area contributed by atoms with Gasteiger partial charge in [0.2, 0.25) is 0 Å². The van der Waals surface area contributed by atoms with Gasteiger partial charge in [0.25, 0.3) is 5.91 Å². The fraction of sp³-hybridized carbons (Fsp3) is 0.381. The van der Waals surface area contributed by atoms with Gasteiger partial charge < -0.3 is 10.1 Å². The number of hydrogen-bond acceptors (Lipinski definition) is 2. The first kappa shape index (κ1) is 16.7. The summed E-state index contributed by atoms with van der Waals surface area (Å²) in [5.41, 5.74) is 3.23. The van der Waals surface area contributed by atoms with E-state index >= 15 is 0 Å². The average molecular weight is 323 g/mol. The molecular weight excluding hydrogens is 298 g/mol. The number of carbonyl (C=O) groups excluding carboxylic acids is 1. The van der Waals surface area contributed by atoms with Crippen molar-refractivity contribution in [3.63, 3.8) is 0 Å². The molecule has 3 nitrogen and oxygen atoms in total. The Morgan fingerprint density at radius 2 is 1.71 bits per heavy atom. The minimum absolute atomic E-state index is 0.000508. The van der Waals surface area contributed by atoms with Gasteiger partial charge >= 0.3 is 0 Å². The van der Waals surface area contributed by atoms with Crippen LogP contribution in [-0.2, 0) is 16.6 Å². The SMILES string of the molecule is CCc1ccc(C(=O)NCC2(c3ccccc3)CCOCC2)cc1. The van der Waals surface area contributed by atoms with Crippen molar-refractivity contribution >= 4 is 5.91 Å². The summed E-state index contributed by atoms with van der Waals surface area (Å²) in [7, 11) is 0. The van der Waals surface area contributed by atoms with Crippen LogP contribution in [0.4, 0.5) is 0 Å². The maximum absolute atomic E-state index is 12.5. The zero-order valence-electron chi connectivity index (χ0n) is 14.3. The van der Waals surface area contributed by atoms with Crippen molar-refractivity contribution < 1.29 is 9.53 Å². The van der Waals surface area contributed by atoms with Crippen LogP contribution in [0.5, 0.6) is 0 Å². The molecule has 1 saturated heterocycles. The zero-order chi connectivity index (χ0) is 16.8. The molecule has 1 amide bonds. The molecule has 1 fully saturated rings. The van der Waals surface area contributed by atoms with Crippen LogP contribution in [0.3, 0.4) is 0 Å². The van der Waals surface area contributed by atoms with Gasteiger partial charge in [-0.3, -0.25) is 4.79 Å². The molecule has 3 rings (SSSR count). The van der Waals surface area contributed by atoms with Crippen LogP contribution in [0.15, 0.2) is 54.6 Å². The van der Waals surface area contributed by atoms with E-state index in [9.17, 15) is 4.79 Å². The molecule has 0 aliphatic carbocycles. The predicted molar refractivity (Wildman–Crippen MR) is 96.3 cm³/mol.